The Balaban J connectivity index is 1.61. The fourth-order valence-corrected chi connectivity index (χ4v) is 5.43. The van der Waals surface area contributed by atoms with Crippen LogP contribution in [-0.4, -0.2) is 72.7 Å². The van der Waals surface area contributed by atoms with Gasteiger partial charge in [-0.2, -0.15) is 0 Å². The fourth-order valence-electron chi connectivity index (χ4n) is 5.43. The maximum atomic E-state index is 16.5. The number of halogens is 1. The summed E-state index contributed by atoms with van der Waals surface area (Å²) in [5.41, 5.74) is 19.6. The van der Waals surface area contributed by atoms with Crippen LogP contribution in [0.4, 0.5) is 4.39 Å². The van der Waals surface area contributed by atoms with Gasteiger partial charge in [0.15, 0.2) is 12.5 Å². The molecule has 0 amide bonds. The normalized spacial score (nSPS) is 32.2. The SMILES string of the molecule is CC(=O)O[C@H]1C(N=[N+]=[N-])C[C@H](C)[C@@H](O[C@H]2O[C@H](CN=[N+]=[N-])[C@@H](OCc3ccccc3)[C@H](F)[C@H]2OCc2ccccc2)[C@@H]1O. The first-order chi connectivity index (χ1) is 20.8. The molecule has 230 valence electrons. The first-order valence-corrected chi connectivity index (χ1v) is 14.0. The molecule has 4 rings (SSSR count). The van der Waals surface area contributed by atoms with Gasteiger partial charge in [0, 0.05) is 16.7 Å². The summed E-state index contributed by atoms with van der Waals surface area (Å²) in [6.45, 7) is 2.78. The Labute approximate surface area is 248 Å². The predicted octanol–water partition coefficient (Wildman–Crippen LogP) is 4.93. The minimum absolute atomic E-state index is 0.0272. The Morgan fingerprint density at radius 3 is 2.14 bits per heavy atom. The van der Waals surface area contributed by atoms with Gasteiger partial charge in [-0.05, 0) is 34.5 Å². The molecule has 10 atom stereocenters. The first kappa shape index (κ1) is 32.2. The monoisotopic (exact) mass is 598 g/mol. The van der Waals surface area contributed by atoms with Crippen molar-refractivity contribution in [3.05, 3.63) is 92.7 Å². The van der Waals surface area contributed by atoms with Gasteiger partial charge in [-0.1, -0.05) is 77.8 Å². The van der Waals surface area contributed by atoms with Crippen molar-refractivity contribution in [2.45, 2.75) is 88.6 Å². The zero-order chi connectivity index (χ0) is 30.8. The lowest BCUT2D eigenvalue weighted by Gasteiger charge is -2.47. The van der Waals surface area contributed by atoms with E-state index in [1.54, 1.807) is 6.92 Å². The maximum absolute atomic E-state index is 16.5. The number of aliphatic hydroxyl groups is 1. The van der Waals surface area contributed by atoms with Gasteiger partial charge in [0.25, 0.3) is 0 Å². The molecule has 43 heavy (non-hydrogen) atoms. The Morgan fingerprint density at radius 2 is 1.58 bits per heavy atom. The van der Waals surface area contributed by atoms with Crippen molar-refractivity contribution in [1.29, 1.82) is 0 Å². The number of esters is 1. The average Bonchev–Trinajstić information content (AvgIpc) is 3.00. The molecule has 0 aromatic heterocycles. The molecule has 1 saturated carbocycles. The molecule has 0 spiro atoms. The molecule has 1 aliphatic carbocycles. The van der Waals surface area contributed by atoms with Gasteiger partial charge in [-0.15, -0.1) is 0 Å². The van der Waals surface area contributed by atoms with Crippen LogP contribution < -0.4 is 0 Å². The molecular formula is C29H35FN6O7. The molecule has 1 N–H and O–H groups in total. The van der Waals surface area contributed by atoms with Crippen LogP contribution in [0.3, 0.4) is 0 Å². The highest BCUT2D eigenvalue weighted by atomic mass is 19.1. The largest absolute Gasteiger partial charge is 0.459 e. The van der Waals surface area contributed by atoms with Crippen LogP contribution in [0.15, 0.2) is 70.9 Å². The number of hydrogen-bond acceptors (Lipinski definition) is 9. The van der Waals surface area contributed by atoms with Crippen LogP contribution in [0.5, 0.6) is 0 Å². The van der Waals surface area contributed by atoms with Gasteiger partial charge in [-0.25, -0.2) is 4.39 Å². The Morgan fingerprint density at radius 1 is 0.977 bits per heavy atom. The highest BCUT2D eigenvalue weighted by Gasteiger charge is 2.52. The van der Waals surface area contributed by atoms with Crippen molar-refractivity contribution in [3.8, 4) is 0 Å². The molecule has 2 aromatic rings. The number of carbonyl (C=O) groups is 1. The third-order valence-corrected chi connectivity index (χ3v) is 7.49. The lowest BCUT2D eigenvalue weighted by Crippen LogP contribution is -2.62. The number of aliphatic hydroxyl groups excluding tert-OH is 1. The van der Waals surface area contributed by atoms with Gasteiger partial charge in [0.05, 0.1) is 38.0 Å². The van der Waals surface area contributed by atoms with Crippen molar-refractivity contribution >= 4 is 5.97 Å². The molecule has 0 bridgehead atoms. The summed E-state index contributed by atoms with van der Waals surface area (Å²) < 4.78 is 46.2. The third kappa shape index (κ3) is 8.43. The van der Waals surface area contributed by atoms with Crippen molar-refractivity contribution < 1.29 is 38.0 Å². The van der Waals surface area contributed by atoms with E-state index >= 15 is 4.39 Å². The van der Waals surface area contributed by atoms with E-state index in [9.17, 15) is 9.90 Å². The summed E-state index contributed by atoms with van der Waals surface area (Å²) in [5, 5.41) is 18.5. The number of carbonyl (C=O) groups excluding carboxylic acids is 1. The van der Waals surface area contributed by atoms with E-state index in [0.29, 0.717) is 0 Å². The van der Waals surface area contributed by atoms with Crippen molar-refractivity contribution in [2.75, 3.05) is 6.54 Å². The highest BCUT2D eigenvalue weighted by molar-refractivity contribution is 5.66. The zero-order valence-electron chi connectivity index (χ0n) is 23.8. The fraction of sp³-hybridized carbons (Fsp3) is 0.552. The van der Waals surface area contributed by atoms with Gasteiger partial charge in [0.1, 0.15) is 24.4 Å². The van der Waals surface area contributed by atoms with Crippen LogP contribution in [0.25, 0.3) is 20.9 Å². The molecule has 1 saturated heterocycles. The number of nitrogens with zero attached hydrogens (tertiary/aromatic N) is 6. The summed E-state index contributed by atoms with van der Waals surface area (Å²) in [6, 6.07) is 17.5. The Bertz CT molecular complexity index is 1280. The van der Waals surface area contributed by atoms with Gasteiger partial charge >= 0.3 is 5.97 Å². The average molecular weight is 599 g/mol. The quantitative estimate of drug-likeness (QED) is 0.156. The topological polar surface area (TPSA) is 181 Å². The second kappa shape index (κ2) is 15.6. The molecule has 2 fully saturated rings. The van der Waals surface area contributed by atoms with Crippen LogP contribution in [0.1, 0.15) is 31.4 Å². The Kier molecular flexibility index (Phi) is 11.7. The second-order valence-electron chi connectivity index (χ2n) is 10.6. The van der Waals surface area contributed by atoms with E-state index in [1.807, 2.05) is 60.7 Å². The lowest BCUT2D eigenvalue weighted by atomic mass is 9.80. The van der Waals surface area contributed by atoms with E-state index in [4.69, 9.17) is 34.7 Å². The molecule has 2 aliphatic rings. The Hall–Kier alpha value is -3.74. The number of benzene rings is 2. The minimum atomic E-state index is -1.79. The number of ether oxygens (including phenoxy) is 5. The van der Waals surface area contributed by atoms with E-state index in [-0.39, 0.29) is 26.2 Å². The zero-order valence-corrected chi connectivity index (χ0v) is 23.8. The number of hydrogen-bond donors (Lipinski definition) is 1. The van der Waals surface area contributed by atoms with Crippen LogP contribution in [0, 0.1) is 5.92 Å². The van der Waals surface area contributed by atoms with E-state index in [1.165, 1.54) is 6.92 Å². The molecular weight excluding hydrogens is 563 g/mol. The van der Waals surface area contributed by atoms with Crippen molar-refractivity contribution in [2.24, 2.45) is 16.1 Å². The molecule has 1 heterocycles. The highest BCUT2D eigenvalue weighted by Crippen LogP contribution is 2.36. The summed E-state index contributed by atoms with van der Waals surface area (Å²) in [6.07, 6.45) is -10.1. The van der Waals surface area contributed by atoms with Crippen LogP contribution >= 0.6 is 0 Å². The first-order valence-electron chi connectivity index (χ1n) is 14.0. The molecule has 2 aromatic carbocycles. The molecule has 1 unspecified atom stereocenters. The molecule has 14 heteroatoms. The maximum Gasteiger partial charge on any atom is 0.303 e. The number of azide groups is 2. The summed E-state index contributed by atoms with van der Waals surface area (Å²) >= 11 is 0. The summed E-state index contributed by atoms with van der Waals surface area (Å²) in [7, 11) is 0. The van der Waals surface area contributed by atoms with E-state index < -0.39 is 67.0 Å². The van der Waals surface area contributed by atoms with Crippen molar-refractivity contribution in [3.63, 3.8) is 0 Å². The van der Waals surface area contributed by atoms with Crippen molar-refractivity contribution in [1.82, 2.24) is 0 Å². The second-order valence-corrected chi connectivity index (χ2v) is 10.6. The van der Waals surface area contributed by atoms with Gasteiger partial charge in [-0.3, -0.25) is 4.79 Å². The molecule has 1 aliphatic heterocycles. The smallest absolute Gasteiger partial charge is 0.303 e. The lowest BCUT2D eigenvalue weighted by molar-refractivity contribution is -0.327. The number of alkyl halides is 1. The summed E-state index contributed by atoms with van der Waals surface area (Å²) in [5.74, 6) is -1.10. The van der Waals surface area contributed by atoms with Crippen LogP contribution in [0.2, 0.25) is 0 Å². The predicted molar refractivity (Wildman–Crippen MR) is 151 cm³/mol. The number of rotatable bonds is 12. The van der Waals surface area contributed by atoms with Gasteiger partial charge < -0.3 is 28.8 Å². The minimum Gasteiger partial charge on any atom is -0.459 e. The van der Waals surface area contributed by atoms with E-state index in [0.717, 1.165) is 11.1 Å². The third-order valence-electron chi connectivity index (χ3n) is 7.49. The standard InChI is InChI=1S/C29H35FN6O7/c1-17-13-21(34-36-32)26(41-18(2)37)24(38)25(17)43-29-28(40-16-20-11-7-4-8-12-20)23(30)27(22(42-29)14-33-35-31)39-15-19-9-5-3-6-10-19/h3-12,17,21-29,38H,13-16H2,1-2H3/t17-,21?,22+,23-,24-,25+,26-,27+,28+,29+/m0/s1. The molecule has 0 radical (unpaired) electrons. The van der Waals surface area contributed by atoms with Crippen LogP contribution in [-0.2, 0) is 41.7 Å². The van der Waals surface area contributed by atoms with Gasteiger partial charge in [0.2, 0.25) is 0 Å². The van der Waals surface area contributed by atoms with E-state index in [2.05, 4.69) is 20.1 Å². The summed E-state index contributed by atoms with van der Waals surface area (Å²) in [4.78, 5) is 17.4. The molecule has 13 nitrogen and oxygen atoms in total.